The molecule has 0 saturated carbocycles. The molecule has 0 aromatic carbocycles. The monoisotopic (exact) mass is 219 g/mol. The summed E-state index contributed by atoms with van der Waals surface area (Å²) in [5.74, 6) is 1.88. The van der Waals surface area contributed by atoms with Crippen molar-refractivity contribution in [1.82, 2.24) is 15.5 Å². The lowest BCUT2D eigenvalue weighted by Gasteiger charge is -2.01. The first-order chi connectivity index (χ1) is 7.84. The molecule has 0 aliphatic carbocycles. The van der Waals surface area contributed by atoms with Gasteiger partial charge < -0.3 is 14.3 Å². The van der Waals surface area contributed by atoms with Gasteiger partial charge in [0, 0.05) is 0 Å². The normalized spacial score (nSPS) is 20.4. The van der Waals surface area contributed by atoms with Crippen LogP contribution < -0.4 is 5.32 Å². The summed E-state index contributed by atoms with van der Waals surface area (Å²) in [6.45, 7) is 2.98. The maximum absolute atomic E-state index is 5.32. The van der Waals surface area contributed by atoms with E-state index in [1.807, 2.05) is 13.0 Å². The number of nitrogens with zero attached hydrogens (tertiary/aromatic N) is 2. The molecular weight excluding hydrogens is 206 g/mol. The van der Waals surface area contributed by atoms with Crippen molar-refractivity contribution in [3.63, 3.8) is 0 Å². The van der Waals surface area contributed by atoms with Gasteiger partial charge in [-0.3, -0.25) is 0 Å². The third-order valence-electron chi connectivity index (χ3n) is 2.87. The van der Waals surface area contributed by atoms with Crippen molar-refractivity contribution in [3.8, 4) is 11.6 Å². The molecule has 1 saturated heterocycles. The Kier molecular flexibility index (Phi) is 2.25. The lowest BCUT2D eigenvalue weighted by Crippen LogP contribution is -2.12. The topological polar surface area (TPSA) is 64.1 Å². The van der Waals surface area contributed by atoms with Crippen LogP contribution in [0.4, 0.5) is 0 Å². The molecule has 1 N–H and O–H groups in total. The maximum Gasteiger partial charge on any atom is 0.244 e. The van der Waals surface area contributed by atoms with Crippen molar-refractivity contribution in [2.75, 3.05) is 6.54 Å². The van der Waals surface area contributed by atoms with Crippen LogP contribution in [0.5, 0.6) is 0 Å². The van der Waals surface area contributed by atoms with Crippen molar-refractivity contribution in [3.05, 3.63) is 23.8 Å². The molecule has 5 nitrogen and oxygen atoms in total. The molecule has 0 amide bonds. The Balaban J connectivity index is 1.90. The van der Waals surface area contributed by atoms with Crippen LogP contribution in [0.15, 0.2) is 21.3 Å². The fourth-order valence-corrected chi connectivity index (χ4v) is 1.97. The standard InChI is InChI=1S/C11H13N3O2/c1-7-4-6-15-9(7)10-13-11(16-14-10)8-3-2-5-12-8/h4,6,8,12H,2-3,5H2,1H3/t8-/m1/s1. The first-order valence-corrected chi connectivity index (χ1v) is 5.46. The molecule has 1 aliphatic rings. The highest BCUT2D eigenvalue weighted by Gasteiger charge is 2.23. The van der Waals surface area contributed by atoms with E-state index in [4.69, 9.17) is 8.94 Å². The molecule has 3 rings (SSSR count). The minimum atomic E-state index is 0.205. The summed E-state index contributed by atoms with van der Waals surface area (Å²) in [4.78, 5) is 4.36. The van der Waals surface area contributed by atoms with Gasteiger partial charge in [-0.05, 0) is 37.9 Å². The van der Waals surface area contributed by atoms with Gasteiger partial charge in [0.15, 0.2) is 5.76 Å². The van der Waals surface area contributed by atoms with Crippen LogP contribution in [0.2, 0.25) is 0 Å². The Morgan fingerprint density at radius 1 is 1.50 bits per heavy atom. The highest BCUT2D eigenvalue weighted by molar-refractivity contribution is 5.51. The van der Waals surface area contributed by atoms with E-state index in [0.717, 1.165) is 24.9 Å². The van der Waals surface area contributed by atoms with Gasteiger partial charge >= 0.3 is 0 Å². The summed E-state index contributed by atoms with van der Waals surface area (Å²) in [7, 11) is 0. The smallest absolute Gasteiger partial charge is 0.244 e. The minimum absolute atomic E-state index is 0.205. The molecule has 16 heavy (non-hydrogen) atoms. The molecule has 3 heterocycles. The minimum Gasteiger partial charge on any atom is -0.461 e. The van der Waals surface area contributed by atoms with E-state index in [9.17, 15) is 0 Å². The van der Waals surface area contributed by atoms with E-state index in [-0.39, 0.29) is 6.04 Å². The molecule has 0 bridgehead atoms. The average molecular weight is 219 g/mol. The molecule has 2 aromatic heterocycles. The van der Waals surface area contributed by atoms with Crippen LogP contribution in [-0.4, -0.2) is 16.7 Å². The summed E-state index contributed by atoms with van der Waals surface area (Å²) in [6, 6.07) is 2.09. The van der Waals surface area contributed by atoms with Gasteiger partial charge in [-0.1, -0.05) is 5.16 Å². The zero-order chi connectivity index (χ0) is 11.0. The highest BCUT2D eigenvalue weighted by atomic mass is 16.5. The van der Waals surface area contributed by atoms with Gasteiger partial charge in [-0.25, -0.2) is 0 Å². The van der Waals surface area contributed by atoms with Crippen molar-refractivity contribution in [1.29, 1.82) is 0 Å². The molecule has 5 heteroatoms. The largest absolute Gasteiger partial charge is 0.461 e. The van der Waals surface area contributed by atoms with Gasteiger partial charge in [0.2, 0.25) is 11.7 Å². The van der Waals surface area contributed by atoms with E-state index in [0.29, 0.717) is 17.5 Å². The van der Waals surface area contributed by atoms with Crippen molar-refractivity contribution in [2.45, 2.75) is 25.8 Å². The van der Waals surface area contributed by atoms with Crippen LogP contribution >= 0.6 is 0 Å². The Morgan fingerprint density at radius 3 is 3.12 bits per heavy atom. The van der Waals surface area contributed by atoms with Gasteiger partial charge in [-0.2, -0.15) is 4.98 Å². The van der Waals surface area contributed by atoms with Crippen molar-refractivity contribution in [2.24, 2.45) is 0 Å². The second-order valence-electron chi connectivity index (χ2n) is 4.04. The first kappa shape index (κ1) is 9.59. The Hall–Kier alpha value is -1.62. The molecule has 1 atom stereocenters. The van der Waals surface area contributed by atoms with E-state index in [1.54, 1.807) is 6.26 Å². The predicted molar refractivity (Wildman–Crippen MR) is 56.7 cm³/mol. The highest BCUT2D eigenvalue weighted by Crippen LogP contribution is 2.26. The van der Waals surface area contributed by atoms with Gasteiger partial charge in [0.1, 0.15) is 0 Å². The van der Waals surface area contributed by atoms with Crippen molar-refractivity contribution < 1.29 is 8.94 Å². The van der Waals surface area contributed by atoms with Gasteiger partial charge in [-0.15, -0.1) is 0 Å². The fourth-order valence-electron chi connectivity index (χ4n) is 1.97. The van der Waals surface area contributed by atoms with Crippen LogP contribution in [-0.2, 0) is 0 Å². The number of hydrogen-bond donors (Lipinski definition) is 1. The van der Waals surface area contributed by atoms with Crippen LogP contribution in [0.25, 0.3) is 11.6 Å². The molecular formula is C11H13N3O2. The van der Waals surface area contributed by atoms with Crippen molar-refractivity contribution >= 4 is 0 Å². The Morgan fingerprint density at radius 2 is 2.44 bits per heavy atom. The molecule has 1 fully saturated rings. The number of rotatable bonds is 2. The average Bonchev–Trinajstić information content (AvgIpc) is 2.96. The van der Waals surface area contributed by atoms with Crippen LogP contribution in [0.1, 0.15) is 30.3 Å². The SMILES string of the molecule is Cc1ccoc1-c1noc([C@H]2CCCN2)n1. The quantitative estimate of drug-likeness (QED) is 0.837. The summed E-state index contributed by atoms with van der Waals surface area (Å²) >= 11 is 0. The summed E-state index contributed by atoms with van der Waals surface area (Å²) in [5, 5.41) is 7.26. The number of furan rings is 1. The van der Waals surface area contributed by atoms with Gasteiger partial charge in [0.05, 0.1) is 12.3 Å². The number of aromatic nitrogens is 2. The lowest BCUT2D eigenvalue weighted by atomic mass is 10.2. The Labute approximate surface area is 92.8 Å². The zero-order valence-electron chi connectivity index (χ0n) is 9.06. The third kappa shape index (κ3) is 1.53. The first-order valence-electron chi connectivity index (χ1n) is 5.46. The number of hydrogen-bond acceptors (Lipinski definition) is 5. The Bertz CT molecular complexity index is 483. The van der Waals surface area contributed by atoms with E-state index < -0.39 is 0 Å². The second-order valence-corrected chi connectivity index (χ2v) is 4.04. The molecule has 2 aromatic rings. The summed E-state index contributed by atoms with van der Waals surface area (Å²) < 4.78 is 10.6. The molecule has 0 unspecified atom stereocenters. The number of nitrogens with one attached hydrogen (secondary N) is 1. The number of aryl methyl sites for hydroxylation is 1. The van der Waals surface area contributed by atoms with Crippen LogP contribution in [0.3, 0.4) is 0 Å². The van der Waals surface area contributed by atoms with Gasteiger partial charge in [0.25, 0.3) is 0 Å². The van der Waals surface area contributed by atoms with E-state index in [2.05, 4.69) is 15.5 Å². The third-order valence-corrected chi connectivity index (χ3v) is 2.87. The predicted octanol–water partition coefficient (Wildman–Crippen LogP) is 2.06. The summed E-state index contributed by atoms with van der Waals surface area (Å²) in [6.07, 6.45) is 3.84. The summed E-state index contributed by atoms with van der Waals surface area (Å²) in [5.41, 5.74) is 1.02. The fraction of sp³-hybridized carbons (Fsp3) is 0.455. The van der Waals surface area contributed by atoms with E-state index in [1.165, 1.54) is 0 Å². The van der Waals surface area contributed by atoms with E-state index >= 15 is 0 Å². The molecule has 84 valence electrons. The molecule has 0 spiro atoms. The lowest BCUT2D eigenvalue weighted by molar-refractivity contribution is 0.344. The maximum atomic E-state index is 5.32. The molecule has 0 radical (unpaired) electrons. The zero-order valence-corrected chi connectivity index (χ0v) is 9.06. The molecule has 1 aliphatic heterocycles. The second kappa shape index (κ2) is 3.75. The van der Waals surface area contributed by atoms with Crippen LogP contribution in [0, 0.1) is 6.92 Å².